The molecule has 0 saturated heterocycles. The summed E-state index contributed by atoms with van der Waals surface area (Å²) in [6.45, 7) is 11.3. The van der Waals surface area contributed by atoms with Crippen molar-refractivity contribution < 1.29 is 69.6 Å². The molecule has 0 fully saturated rings. The third-order valence-corrected chi connectivity index (χ3v) is 16.9. The Hall–Kier alpha value is -11.2. The number of aromatic nitrogens is 6. The lowest BCUT2D eigenvalue weighted by molar-refractivity contribution is 0.0161. The van der Waals surface area contributed by atoms with Crippen LogP contribution < -0.4 is 24.3 Å². The van der Waals surface area contributed by atoms with Gasteiger partial charge in [0.25, 0.3) is 5.16 Å². The van der Waals surface area contributed by atoms with E-state index in [0.29, 0.717) is 65.2 Å². The smallest absolute Gasteiger partial charge is 0.410 e. The molecule has 2 aliphatic rings. The lowest BCUT2D eigenvalue weighted by atomic mass is 9.93. The number of ether oxygens (including phenoxy) is 7. The Labute approximate surface area is 567 Å². The number of benzene rings is 7. The molecule has 10 aromatic rings. The third-order valence-electron chi connectivity index (χ3n) is 15.4. The number of sulfone groups is 1. The summed E-state index contributed by atoms with van der Waals surface area (Å²) < 4.78 is 78.7. The number of nitrogens with one attached hydrogen (secondary N) is 1. The number of oxazole rings is 2. The van der Waals surface area contributed by atoms with Gasteiger partial charge in [-0.1, -0.05) is 120 Å². The Morgan fingerprint density at radius 1 is 0.643 bits per heavy atom. The summed E-state index contributed by atoms with van der Waals surface area (Å²) in [4.78, 5) is 57.1. The fraction of sp³-hybridized carbons (Fsp3) is 0.257. The zero-order chi connectivity index (χ0) is 69.2. The number of hydrogen-bond donors (Lipinski definition) is 1. The number of carbonyl (C=O) groups is 4. The molecule has 7 aromatic carbocycles. The average molecular weight is 1350 g/mol. The van der Waals surface area contributed by atoms with Gasteiger partial charge in [-0.15, -0.1) is 0 Å². The van der Waals surface area contributed by atoms with Crippen molar-refractivity contribution in [3.05, 3.63) is 238 Å². The summed E-state index contributed by atoms with van der Waals surface area (Å²) in [6, 6.07) is 50.1. The number of para-hydroxylation sites is 1. The highest BCUT2D eigenvalue weighted by Gasteiger charge is 2.40. The molecule has 0 saturated carbocycles. The van der Waals surface area contributed by atoms with E-state index in [1.54, 1.807) is 96.3 Å². The van der Waals surface area contributed by atoms with E-state index in [1.807, 2.05) is 97.1 Å². The maximum atomic E-state index is 13.9. The molecule has 0 bridgehead atoms. The number of nitrogens with zero attached hydrogens (tertiary/aromatic N) is 7. The van der Waals surface area contributed by atoms with Crippen LogP contribution in [-0.4, -0.2) is 120 Å². The molecule has 2 atom stereocenters. The lowest BCUT2D eigenvalue weighted by Gasteiger charge is -2.38. The number of carbonyl (C=O) groups excluding carboxylic acids is 4. The first-order valence-corrected chi connectivity index (χ1v) is 33.2. The van der Waals surface area contributed by atoms with Crippen molar-refractivity contribution in [2.75, 3.05) is 46.3 Å². The monoisotopic (exact) mass is 1350 g/mol. The SMILES string of the molecule is CCOC(=O)c1coc(-c2cccc(/C=C/C3NCCc4cc(OCc5ccccc5)c(OC)cc43)c2)n1.CCOC(=O)c1coc(-c2cccc(C=O)c2)n1.COc1cc2c(cc1OCc1ccccc1)CCN(C(=O)OC(C)(C)C)C2CS(=O)(=O)c1nnnn1-c1ccccc1. The van der Waals surface area contributed by atoms with Crippen LogP contribution in [0.2, 0.25) is 0 Å². The second-order valence-electron chi connectivity index (χ2n) is 23.3. The minimum absolute atomic E-state index is 0.0247. The van der Waals surface area contributed by atoms with Crippen LogP contribution in [0.4, 0.5) is 4.79 Å². The predicted octanol–water partition coefficient (Wildman–Crippen LogP) is 12.9. The van der Waals surface area contributed by atoms with Crippen LogP contribution in [0.5, 0.6) is 23.0 Å². The highest BCUT2D eigenvalue weighted by Crippen LogP contribution is 2.41. The van der Waals surface area contributed by atoms with Gasteiger partial charge in [0.15, 0.2) is 34.4 Å². The minimum atomic E-state index is -4.12. The van der Waals surface area contributed by atoms with Gasteiger partial charge in [0, 0.05) is 29.8 Å². The van der Waals surface area contributed by atoms with Crippen molar-refractivity contribution in [2.24, 2.45) is 0 Å². The van der Waals surface area contributed by atoms with Crippen LogP contribution in [0.3, 0.4) is 0 Å². The maximum absolute atomic E-state index is 13.9. The standard InChI is InChI=1S/C31H30N2O5.C30H33N5O6S.C13H11NO4/c1-3-36-31(34)27-20-38-30(33-27)24-11-7-10-21(16-24)12-13-26-25-18-28(35-2)29(17-23(25)14-15-32-26)37-19-22-8-5-4-6-9-22;1-30(2,3)41-29(36)34-16-15-22-17-27(40-19-21-11-7-5-8-12-21)26(39-4)18-24(22)25(34)20-42(37,38)28-31-32-33-35(28)23-13-9-6-10-14-23;1-2-17-13(16)11-8-18-12(14-11)10-5-3-4-9(6-10)7-15/h4-13,16-18,20,26,32H,3,14-15,19H2,1-2H3;5-14,17-18,25H,15-16,19-20H2,1-4H3;3-8H,2H2,1H3/b13-12+;;. The number of aldehydes is 1. The second kappa shape index (κ2) is 32.5. The van der Waals surface area contributed by atoms with Gasteiger partial charge in [-0.2, -0.15) is 4.68 Å². The number of fused-ring (bicyclic) bond motifs is 2. The fourth-order valence-electron chi connectivity index (χ4n) is 10.7. The van der Waals surface area contributed by atoms with Crippen LogP contribution in [-0.2, 0) is 50.1 Å². The number of esters is 2. The maximum Gasteiger partial charge on any atom is 0.410 e. The van der Waals surface area contributed by atoms with Gasteiger partial charge >= 0.3 is 18.0 Å². The summed E-state index contributed by atoms with van der Waals surface area (Å²) in [7, 11) is -0.933. The largest absolute Gasteiger partial charge is 0.493 e. The average Bonchev–Trinajstić information content (AvgIpc) is 0.991. The van der Waals surface area contributed by atoms with Crippen molar-refractivity contribution in [2.45, 2.75) is 83.5 Å². The molecule has 24 heteroatoms. The number of hydrogen-bond acceptors (Lipinski definition) is 21. The Balaban J connectivity index is 0.000000171. The van der Waals surface area contributed by atoms with E-state index in [-0.39, 0.29) is 48.2 Å². The van der Waals surface area contributed by atoms with E-state index in [1.165, 1.54) is 40.3 Å². The summed E-state index contributed by atoms with van der Waals surface area (Å²) in [5, 5.41) is 14.7. The first-order valence-electron chi connectivity index (χ1n) is 31.6. The molecule has 2 aliphatic heterocycles. The molecular formula is C74H74N8O15S. The molecule has 2 unspecified atom stereocenters. The van der Waals surface area contributed by atoms with Crippen LogP contribution in [0.1, 0.15) is 117 Å². The lowest BCUT2D eigenvalue weighted by Crippen LogP contribution is -2.45. The number of methoxy groups -OCH3 is 2. The molecule has 0 radical (unpaired) electrons. The molecule has 98 heavy (non-hydrogen) atoms. The van der Waals surface area contributed by atoms with Crippen molar-refractivity contribution in [1.29, 1.82) is 0 Å². The van der Waals surface area contributed by atoms with Crippen LogP contribution in [0, 0.1) is 0 Å². The molecule has 0 spiro atoms. The van der Waals surface area contributed by atoms with Crippen molar-refractivity contribution in [3.63, 3.8) is 0 Å². The number of amides is 1. The highest BCUT2D eigenvalue weighted by molar-refractivity contribution is 7.91. The van der Waals surface area contributed by atoms with Crippen molar-refractivity contribution in [1.82, 2.24) is 40.4 Å². The summed E-state index contributed by atoms with van der Waals surface area (Å²) in [5.74, 6) is 1.57. The Bertz CT molecular complexity index is 4510. The predicted molar refractivity (Wildman–Crippen MR) is 363 cm³/mol. The Morgan fingerprint density at radius 2 is 1.17 bits per heavy atom. The van der Waals surface area contributed by atoms with E-state index in [9.17, 15) is 27.6 Å². The molecule has 0 aliphatic carbocycles. The highest BCUT2D eigenvalue weighted by atomic mass is 32.2. The second-order valence-corrected chi connectivity index (χ2v) is 25.2. The van der Waals surface area contributed by atoms with Crippen LogP contribution in [0.25, 0.3) is 34.7 Å². The minimum Gasteiger partial charge on any atom is -0.493 e. The molecule has 23 nitrogen and oxygen atoms in total. The zero-order valence-corrected chi connectivity index (χ0v) is 56.0. The fourth-order valence-corrected chi connectivity index (χ4v) is 12.2. The van der Waals surface area contributed by atoms with Crippen molar-refractivity contribution in [3.8, 4) is 51.6 Å². The van der Waals surface area contributed by atoms with Crippen LogP contribution in [0.15, 0.2) is 196 Å². The van der Waals surface area contributed by atoms with E-state index in [0.717, 1.165) is 52.8 Å². The zero-order valence-electron chi connectivity index (χ0n) is 55.2. The molecule has 506 valence electrons. The van der Waals surface area contributed by atoms with Gasteiger partial charge in [-0.3, -0.25) is 9.69 Å². The third kappa shape index (κ3) is 17.8. The number of rotatable bonds is 21. The van der Waals surface area contributed by atoms with Crippen molar-refractivity contribution >= 4 is 40.2 Å². The van der Waals surface area contributed by atoms with Crippen LogP contribution >= 0.6 is 0 Å². The molecule has 5 heterocycles. The number of tetrazole rings is 1. The Morgan fingerprint density at radius 3 is 1.71 bits per heavy atom. The normalized spacial score (nSPS) is 14.1. The molecule has 1 N–H and O–H groups in total. The summed E-state index contributed by atoms with van der Waals surface area (Å²) >= 11 is 0. The van der Waals surface area contributed by atoms with Gasteiger partial charge in [0.1, 0.15) is 37.6 Å². The van der Waals surface area contributed by atoms with E-state index < -0.39 is 45.3 Å². The first-order chi connectivity index (χ1) is 47.4. The van der Waals surface area contributed by atoms with Gasteiger partial charge in [-0.25, -0.2) is 32.8 Å². The molecule has 1 amide bonds. The Kier molecular flexibility index (Phi) is 23.1. The van der Waals surface area contributed by atoms with Gasteiger partial charge in [0.05, 0.1) is 51.0 Å². The van der Waals surface area contributed by atoms with E-state index in [2.05, 4.69) is 55.1 Å². The van der Waals surface area contributed by atoms with E-state index >= 15 is 0 Å². The van der Waals surface area contributed by atoms with Gasteiger partial charge < -0.3 is 47.3 Å². The quantitative estimate of drug-likeness (QED) is 0.0397. The summed E-state index contributed by atoms with van der Waals surface area (Å²) in [5.41, 5.74) is 8.90. The molecular weight excluding hydrogens is 1270 g/mol. The first kappa shape index (κ1) is 69.6. The van der Waals surface area contributed by atoms with Gasteiger partial charge in [0.2, 0.25) is 21.6 Å². The summed E-state index contributed by atoms with van der Waals surface area (Å²) in [6.07, 6.45) is 8.27. The topological polar surface area (TPSA) is 278 Å². The van der Waals surface area contributed by atoms with E-state index in [4.69, 9.17) is 42.0 Å². The molecule has 3 aromatic heterocycles. The van der Waals surface area contributed by atoms with Gasteiger partial charge in [-0.05, 0) is 157 Å². The molecule has 12 rings (SSSR count).